The minimum absolute atomic E-state index is 0.140. The number of nitrogens with zero attached hydrogens (tertiary/aromatic N) is 1. The van der Waals surface area contributed by atoms with Crippen LogP contribution in [0.1, 0.15) is 61.8 Å². The zero-order chi connectivity index (χ0) is 18.0. The van der Waals surface area contributed by atoms with Crippen molar-refractivity contribution in [1.29, 1.82) is 0 Å². The lowest BCUT2D eigenvalue weighted by molar-refractivity contribution is -0.137. The molecule has 2 aromatic rings. The highest BCUT2D eigenvalue weighted by Gasteiger charge is 2.31. The Hall–Kier alpha value is -1.97. The molecule has 2 aromatic carbocycles. The molecule has 0 spiro atoms. The van der Waals surface area contributed by atoms with Gasteiger partial charge in [-0.3, -0.25) is 0 Å². The van der Waals surface area contributed by atoms with Crippen molar-refractivity contribution in [2.75, 3.05) is 11.4 Å². The van der Waals surface area contributed by atoms with E-state index in [0.717, 1.165) is 37.1 Å². The maximum Gasteiger partial charge on any atom is 0.416 e. The van der Waals surface area contributed by atoms with Gasteiger partial charge in [-0.15, -0.1) is 0 Å². The Kier molecular flexibility index (Phi) is 5.07. The zero-order valence-electron chi connectivity index (χ0n) is 14.7. The quantitative estimate of drug-likeness (QED) is 0.608. The van der Waals surface area contributed by atoms with Crippen molar-refractivity contribution in [1.82, 2.24) is 0 Å². The molecular weight excluding hydrogens is 323 g/mol. The van der Waals surface area contributed by atoms with Crippen LogP contribution < -0.4 is 4.90 Å². The number of hydrogen-bond acceptors (Lipinski definition) is 1. The third-order valence-corrected chi connectivity index (χ3v) is 5.02. The Balaban J connectivity index is 1.85. The van der Waals surface area contributed by atoms with Crippen molar-refractivity contribution in [2.24, 2.45) is 0 Å². The van der Waals surface area contributed by atoms with Crippen molar-refractivity contribution < 1.29 is 13.2 Å². The van der Waals surface area contributed by atoms with Gasteiger partial charge in [0.05, 0.1) is 11.6 Å². The van der Waals surface area contributed by atoms with Crippen molar-refractivity contribution in [3.8, 4) is 0 Å². The average Bonchev–Trinajstić information content (AvgIpc) is 2.61. The molecule has 3 rings (SSSR count). The third-order valence-electron chi connectivity index (χ3n) is 5.02. The summed E-state index contributed by atoms with van der Waals surface area (Å²) in [5.41, 5.74) is 2.82. The molecule has 1 fully saturated rings. The molecule has 1 unspecified atom stereocenters. The van der Waals surface area contributed by atoms with Gasteiger partial charge in [0.15, 0.2) is 0 Å². The highest BCUT2D eigenvalue weighted by Crippen LogP contribution is 2.37. The molecule has 1 aliphatic rings. The molecule has 0 N–H and O–H groups in total. The molecular formula is C21H24F3N. The maximum absolute atomic E-state index is 12.8. The lowest BCUT2D eigenvalue weighted by atomic mass is 9.93. The van der Waals surface area contributed by atoms with Gasteiger partial charge in [0.25, 0.3) is 0 Å². The van der Waals surface area contributed by atoms with E-state index in [0.29, 0.717) is 5.92 Å². The first-order valence-electron chi connectivity index (χ1n) is 8.90. The van der Waals surface area contributed by atoms with E-state index < -0.39 is 11.7 Å². The average molecular weight is 347 g/mol. The number of alkyl halides is 3. The first kappa shape index (κ1) is 17.8. The van der Waals surface area contributed by atoms with Gasteiger partial charge in [0, 0.05) is 12.2 Å². The Morgan fingerprint density at radius 3 is 2.12 bits per heavy atom. The molecule has 4 heteroatoms. The number of rotatable bonds is 3. The predicted molar refractivity (Wildman–Crippen MR) is 95.9 cm³/mol. The number of piperidine rings is 1. The van der Waals surface area contributed by atoms with Gasteiger partial charge in [-0.05, 0) is 60.6 Å². The molecule has 0 aromatic heterocycles. The molecule has 0 bridgehead atoms. The summed E-state index contributed by atoms with van der Waals surface area (Å²) in [7, 11) is 0. The molecule has 134 valence electrons. The minimum Gasteiger partial charge on any atom is -0.364 e. The normalized spacial score (nSPS) is 18.6. The van der Waals surface area contributed by atoms with Crippen molar-refractivity contribution in [3.05, 3.63) is 65.2 Å². The minimum atomic E-state index is -4.28. The molecule has 1 atom stereocenters. The number of halogens is 3. The van der Waals surface area contributed by atoms with Crippen LogP contribution in [0.4, 0.5) is 18.9 Å². The highest BCUT2D eigenvalue weighted by molar-refractivity contribution is 5.51. The Labute approximate surface area is 147 Å². The summed E-state index contributed by atoms with van der Waals surface area (Å²) >= 11 is 0. The van der Waals surface area contributed by atoms with Crippen LogP contribution in [0, 0.1) is 0 Å². The molecule has 1 heterocycles. The smallest absolute Gasteiger partial charge is 0.364 e. The van der Waals surface area contributed by atoms with Crippen LogP contribution in [-0.2, 0) is 6.18 Å². The fraction of sp³-hybridized carbons (Fsp3) is 0.429. The van der Waals surface area contributed by atoms with Gasteiger partial charge in [-0.2, -0.15) is 13.2 Å². The molecule has 0 amide bonds. The first-order chi connectivity index (χ1) is 11.9. The van der Waals surface area contributed by atoms with Gasteiger partial charge in [-0.25, -0.2) is 0 Å². The van der Waals surface area contributed by atoms with Crippen LogP contribution in [0.5, 0.6) is 0 Å². The number of hydrogen-bond donors (Lipinski definition) is 0. The second-order valence-corrected chi connectivity index (χ2v) is 7.07. The Morgan fingerprint density at radius 1 is 0.920 bits per heavy atom. The second kappa shape index (κ2) is 7.11. The summed E-state index contributed by atoms with van der Waals surface area (Å²) < 4.78 is 38.4. The maximum atomic E-state index is 12.8. The Morgan fingerprint density at radius 2 is 1.56 bits per heavy atom. The van der Waals surface area contributed by atoms with Gasteiger partial charge >= 0.3 is 6.18 Å². The SMILES string of the molecule is CC(C)c1ccc(N2CCCCC2c2ccc(C(F)(F)F)cc2)cc1. The zero-order valence-corrected chi connectivity index (χ0v) is 14.7. The van der Waals surface area contributed by atoms with Gasteiger partial charge in [-0.1, -0.05) is 38.1 Å². The van der Waals surface area contributed by atoms with Gasteiger partial charge < -0.3 is 4.90 Å². The fourth-order valence-electron chi connectivity index (χ4n) is 3.53. The number of benzene rings is 2. The molecule has 0 radical (unpaired) electrons. The van der Waals surface area contributed by atoms with Crippen LogP contribution >= 0.6 is 0 Å². The molecule has 1 aliphatic heterocycles. The summed E-state index contributed by atoms with van der Waals surface area (Å²) in [6.07, 6.45) is -1.09. The lowest BCUT2D eigenvalue weighted by Crippen LogP contribution is -2.33. The van der Waals surface area contributed by atoms with E-state index in [-0.39, 0.29) is 6.04 Å². The van der Waals surface area contributed by atoms with E-state index in [1.54, 1.807) is 12.1 Å². The van der Waals surface area contributed by atoms with Crippen LogP contribution in [0.3, 0.4) is 0 Å². The summed E-state index contributed by atoms with van der Waals surface area (Å²) in [6, 6.07) is 14.4. The van der Waals surface area contributed by atoms with E-state index in [4.69, 9.17) is 0 Å². The van der Waals surface area contributed by atoms with E-state index in [2.05, 4.69) is 43.0 Å². The van der Waals surface area contributed by atoms with Crippen LogP contribution in [0.15, 0.2) is 48.5 Å². The molecule has 0 saturated carbocycles. The first-order valence-corrected chi connectivity index (χ1v) is 8.90. The molecule has 25 heavy (non-hydrogen) atoms. The third kappa shape index (κ3) is 4.00. The van der Waals surface area contributed by atoms with Gasteiger partial charge in [0.2, 0.25) is 0 Å². The summed E-state index contributed by atoms with van der Waals surface area (Å²) in [5, 5.41) is 0. The topological polar surface area (TPSA) is 3.24 Å². The lowest BCUT2D eigenvalue weighted by Gasteiger charge is -2.38. The van der Waals surface area contributed by atoms with Crippen molar-refractivity contribution >= 4 is 5.69 Å². The van der Waals surface area contributed by atoms with E-state index in [1.807, 2.05) is 0 Å². The monoisotopic (exact) mass is 347 g/mol. The molecule has 1 nitrogen and oxygen atoms in total. The van der Waals surface area contributed by atoms with E-state index >= 15 is 0 Å². The molecule has 1 saturated heterocycles. The largest absolute Gasteiger partial charge is 0.416 e. The van der Waals surface area contributed by atoms with Crippen LogP contribution in [0.2, 0.25) is 0 Å². The van der Waals surface area contributed by atoms with Crippen molar-refractivity contribution in [2.45, 2.75) is 51.2 Å². The highest BCUT2D eigenvalue weighted by atomic mass is 19.4. The van der Waals surface area contributed by atoms with E-state index in [1.165, 1.54) is 17.7 Å². The van der Waals surface area contributed by atoms with Crippen LogP contribution in [-0.4, -0.2) is 6.54 Å². The van der Waals surface area contributed by atoms with Crippen LogP contribution in [0.25, 0.3) is 0 Å². The number of anilines is 1. The molecule has 0 aliphatic carbocycles. The van der Waals surface area contributed by atoms with E-state index in [9.17, 15) is 13.2 Å². The Bertz CT molecular complexity index is 687. The summed E-state index contributed by atoms with van der Waals surface area (Å²) in [4.78, 5) is 2.33. The van der Waals surface area contributed by atoms with Gasteiger partial charge in [0.1, 0.15) is 0 Å². The predicted octanol–water partition coefficient (Wildman–Crippen LogP) is 6.56. The summed E-state index contributed by atoms with van der Waals surface area (Å²) in [6.45, 7) is 5.27. The second-order valence-electron chi connectivity index (χ2n) is 7.07. The van der Waals surface area contributed by atoms with Crippen molar-refractivity contribution in [3.63, 3.8) is 0 Å². The summed E-state index contributed by atoms with van der Waals surface area (Å²) in [5.74, 6) is 0.487. The fourth-order valence-corrected chi connectivity index (χ4v) is 3.53. The standard InChI is InChI=1S/C21H24F3N/c1-15(2)16-8-12-19(13-9-16)25-14-4-3-5-20(25)17-6-10-18(11-7-17)21(22,23)24/h6-13,15,20H,3-5,14H2,1-2H3.